The first-order valence-electron chi connectivity index (χ1n) is 5.29. The number of carboxylic acid groups (broad SMARTS) is 1. The van der Waals surface area contributed by atoms with Crippen LogP contribution in [-0.4, -0.2) is 22.1 Å². The highest BCUT2D eigenvalue weighted by Crippen LogP contribution is 2.35. The number of halogens is 2. The Balaban J connectivity index is 2.60. The molecule has 0 amide bonds. The summed E-state index contributed by atoms with van der Waals surface area (Å²) in [5.74, 6) is -2.89. The molecule has 0 saturated carbocycles. The van der Waals surface area contributed by atoms with E-state index in [1.807, 2.05) is 0 Å². The standard InChI is InChI=1S/C12H7F2NO5/c13-12(14,11(16)17)20-10-6-5-9(15(18)19)7-3-1-2-4-8(7)10/h1-6H,(H,16,17). The maximum atomic E-state index is 13.1. The fourth-order valence-electron chi connectivity index (χ4n) is 1.69. The maximum absolute atomic E-state index is 13.1. The number of alkyl halides is 2. The Morgan fingerprint density at radius 2 is 1.80 bits per heavy atom. The number of ether oxygens (including phenoxy) is 1. The van der Waals surface area contributed by atoms with Crippen molar-refractivity contribution in [2.45, 2.75) is 6.11 Å². The third kappa shape index (κ3) is 2.35. The molecule has 20 heavy (non-hydrogen) atoms. The summed E-state index contributed by atoms with van der Waals surface area (Å²) in [5.41, 5.74) is -0.286. The van der Waals surface area contributed by atoms with Gasteiger partial charge in [-0.15, -0.1) is 0 Å². The number of nitrogens with zero attached hydrogens (tertiary/aromatic N) is 1. The number of carboxylic acids is 1. The van der Waals surface area contributed by atoms with Gasteiger partial charge in [0.15, 0.2) is 0 Å². The van der Waals surface area contributed by atoms with E-state index >= 15 is 0 Å². The molecule has 2 rings (SSSR count). The van der Waals surface area contributed by atoms with E-state index in [0.29, 0.717) is 0 Å². The van der Waals surface area contributed by atoms with E-state index in [-0.39, 0.29) is 16.5 Å². The number of nitro benzene ring substituents is 1. The van der Waals surface area contributed by atoms with Crippen LogP contribution in [0.1, 0.15) is 0 Å². The second kappa shape index (κ2) is 4.72. The van der Waals surface area contributed by atoms with Crippen LogP contribution in [0.5, 0.6) is 5.75 Å². The molecule has 0 saturated heterocycles. The Morgan fingerprint density at radius 1 is 1.20 bits per heavy atom. The van der Waals surface area contributed by atoms with E-state index in [4.69, 9.17) is 5.11 Å². The Kier molecular flexibility index (Phi) is 3.23. The van der Waals surface area contributed by atoms with Crippen molar-refractivity contribution < 1.29 is 28.3 Å². The van der Waals surface area contributed by atoms with Crippen LogP contribution in [0.4, 0.5) is 14.5 Å². The number of aliphatic carboxylic acids is 1. The van der Waals surface area contributed by atoms with E-state index in [1.54, 1.807) is 0 Å². The molecule has 8 heteroatoms. The minimum absolute atomic E-state index is 0.0302. The van der Waals surface area contributed by atoms with Gasteiger partial charge in [-0.2, -0.15) is 8.78 Å². The zero-order valence-electron chi connectivity index (χ0n) is 9.75. The lowest BCUT2D eigenvalue weighted by atomic mass is 10.1. The van der Waals surface area contributed by atoms with Crippen LogP contribution in [0.3, 0.4) is 0 Å². The van der Waals surface area contributed by atoms with Crippen LogP contribution in [0.2, 0.25) is 0 Å². The number of hydrogen-bond donors (Lipinski definition) is 1. The van der Waals surface area contributed by atoms with Gasteiger partial charge < -0.3 is 9.84 Å². The third-order valence-corrected chi connectivity index (χ3v) is 2.54. The Bertz CT molecular complexity index is 701. The lowest BCUT2D eigenvalue weighted by Gasteiger charge is -2.14. The number of non-ortho nitro benzene ring substituents is 1. The summed E-state index contributed by atoms with van der Waals surface area (Å²) < 4.78 is 30.3. The number of benzene rings is 2. The van der Waals surface area contributed by atoms with Crippen molar-refractivity contribution in [1.29, 1.82) is 0 Å². The molecule has 0 spiro atoms. The highest BCUT2D eigenvalue weighted by Gasteiger charge is 2.42. The summed E-state index contributed by atoms with van der Waals surface area (Å²) >= 11 is 0. The fraction of sp³-hybridized carbons (Fsp3) is 0.0833. The van der Waals surface area contributed by atoms with Gasteiger partial charge in [0.25, 0.3) is 5.69 Å². The molecule has 104 valence electrons. The molecule has 2 aromatic carbocycles. The largest absolute Gasteiger partial charge is 0.501 e. The minimum atomic E-state index is -4.42. The molecule has 0 aliphatic carbocycles. The van der Waals surface area contributed by atoms with Gasteiger partial charge in [-0.1, -0.05) is 18.2 Å². The van der Waals surface area contributed by atoms with E-state index in [0.717, 1.165) is 12.1 Å². The van der Waals surface area contributed by atoms with E-state index < -0.39 is 22.8 Å². The topological polar surface area (TPSA) is 89.7 Å². The second-order valence-corrected chi connectivity index (χ2v) is 3.81. The number of nitro groups is 1. The van der Waals surface area contributed by atoms with Crippen LogP contribution < -0.4 is 4.74 Å². The quantitative estimate of drug-likeness (QED) is 0.688. The monoisotopic (exact) mass is 283 g/mol. The summed E-state index contributed by atoms with van der Waals surface area (Å²) in [6, 6.07) is 7.58. The normalized spacial score (nSPS) is 11.3. The van der Waals surface area contributed by atoms with Crippen LogP contribution in [0.25, 0.3) is 10.8 Å². The molecule has 0 aliphatic rings. The zero-order valence-corrected chi connectivity index (χ0v) is 9.75. The summed E-state index contributed by atoms with van der Waals surface area (Å²) in [6.45, 7) is 0. The molecule has 0 radical (unpaired) electrons. The fourth-order valence-corrected chi connectivity index (χ4v) is 1.69. The van der Waals surface area contributed by atoms with Crippen molar-refractivity contribution in [3.05, 3.63) is 46.5 Å². The average molecular weight is 283 g/mol. The van der Waals surface area contributed by atoms with Gasteiger partial charge in [0.2, 0.25) is 0 Å². The van der Waals surface area contributed by atoms with Crippen molar-refractivity contribution >= 4 is 22.4 Å². The molecular formula is C12H7F2NO5. The van der Waals surface area contributed by atoms with Crippen molar-refractivity contribution in [2.75, 3.05) is 0 Å². The molecular weight excluding hydrogens is 276 g/mol. The summed E-state index contributed by atoms with van der Waals surface area (Å²) in [5, 5.41) is 19.3. The molecule has 1 N–H and O–H groups in total. The molecule has 0 heterocycles. The molecule has 2 aromatic rings. The molecule has 6 nitrogen and oxygen atoms in total. The zero-order chi connectivity index (χ0) is 14.9. The number of carbonyl (C=O) groups is 1. The number of rotatable bonds is 4. The predicted molar refractivity (Wildman–Crippen MR) is 63.8 cm³/mol. The first kappa shape index (κ1) is 13.7. The van der Waals surface area contributed by atoms with Gasteiger partial charge in [0.1, 0.15) is 5.75 Å². The van der Waals surface area contributed by atoms with Crippen molar-refractivity contribution in [2.24, 2.45) is 0 Å². The van der Waals surface area contributed by atoms with E-state index in [9.17, 15) is 23.7 Å². The number of hydrogen-bond acceptors (Lipinski definition) is 4. The van der Waals surface area contributed by atoms with Crippen LogP contribution in [0, 0.1) is 10.1 Å². The lowest BCUT2D eigenvalue weighted by molar-refractivity contribution is -0.383. The van der Waals surface area contributed by atoms with Gasteiger partial charge in [-0.05, 0) is 12.1 Å². The molecule has 0 fully saturated rings. The summed E-state index contributed by atoms with van der Waals surface area (Å²) in [6.07, 6.45) is -4.42. The summed E-state index contributed by atoms with van der Waals surface area (Å²) in [4.78, 5) is 20.5. The molecule has 0 unspecified atom stereocenters. The number of fused-ring (bicyclic) bond motifs is 1. The van der Waals surface area contributed by atoms with Gasteiger partial charge >= 0.3 is 12.1 Å². The third-order valence-electron chi connectivity index (χ3n) is 2.54. The van der Waals surface area contributed by atoms with Crippen molar-refractivity contribution in [3.8, 4) is 5.75 Å². The molecule has 0 aliphatic heterocycles. The van der Waals surface area contributed by atoms with Crippen LogP contribution >= 0.6 is 0 Å². The summed E-state index contributed by atoms with van der Waals surface area (Å²) in [7, 11) is 0. The van der Waals surface area contributed by atoms with E-state index in [1.165, 1.54) is 24.3 Å². The Labute approximate surface area is 110 Å². The Morgan fingerprint density at radius 3 is 2.35 bits per heavy atom. The predicted octanol–water partition coefficient (Wildman–Crippen LogP) is 2.80. The van der Waals surface area contributed by atoms with Crippen molar-refractivity contribution in [1.82, 2.24) is 0 Å². The lowest BCUT2D eigenvalue weighted by Crippen LogP contribution is -2.34. The highest BCUT2D eigenvalue weighted by molar-refractivity contribution is 5.95. The highest BCUT2D eigenvalue weighted by atomic mass is 19.3. The maximum Gasteiger partial charge on any atom is 0.501 e. The van der Waals surface area contributed by atoms with Crippen LogP contribution in [0.15, 0.2) is 36.4 Å². The van der Waals surface area contributed by atoms with Gasteiger partial charge in [-0.3, -0.25) is 10.1 Å². The molecule has 0 aromatic heterocycles. The first-order valence-corrected chi connectivity index (χ1v) is 5.29. The smallest absolute Gasteiger partial charge is 0.474 e. The van der Waals surface area contributed by atoms with Gasteiger partial charge in [0, 0.05) is 11.5 Å². The second-order valence-electron chi connectivity index (χ2n) is 3.81. The van der Waals surface area contributed by atoms with Gasteiger partial charge in [-0.25, -0.2) is 4.79 Å². The molecule has 0 atom stereocenters. The van der Waals surface area contributed by atoms with E-state index in [2.05, 4.69) is 4.74 Å². The Hall–Kier alpha value is -2.77. The van der Waals surface area contributed by atoms with Crippen molar-refractivity contribution in [3.63, 3.8) is 0 Å². The minimum Gasteiger partial charge on any atom is -0.474 e. The van der Waals surface area contributed by atoms with Gasteiger partial charge in [0.05, 0.1) is 10.3 Å². The van der Waals surface area contributed by atoms with Crippen LogP contribution in [-0.2, 0) is 4.79 Å². The SMILES string of the molecule is O=C(O)C(F)(F)Oc1ccc([N+](=O)[O-])c2ccccc12. The average Bonchev–Trinajstić information content (AvgIpc) is 2.38. The first-order chi connectivity index (χ1) is 9.33. The molecule has 0 bridgehead atoms.